The summed E-state index contributed by atoms with van der Waals surface area (Å²) in [7, 11) is 0. The van der Waals surface area contributed by atoms with Crippen molar-refractivity contribution in [3.8, 4) is 0 Å². The van der Waals surface area contributed by atoms with Gasteiger partial charge in [0.2, 0.25) is 0 Å². The molecule has 2 heteroatoms. The maximum Gasteiger partial charge on any atom is 0.0124 e. The van der Waals surface area contributed by atoms with E-state index in [4.69, 9.17) is 5.73 Å². The first-order chi connectivity index (χ1) is 8.12. The summed E-state index contributed by atoms with van der Waals surface area (Å²) in [5, 5.41) is 0. The van der Waals surface area contributed by atoms with Gasteiger partial charge in [0.1, 0.15) is 0 Å². The fraction of sp³-hybridized carbons (Fsp3) is 1.00. The van der Waals surface area contributed by atoms with Crippen LogP contribution in [0.5, 0.6) is 0 Å². The van der Waals surface area contributed by atoms with Gasteiger partial charge in [-0.3, -0.25) is 0 Å². The molecule has 17 heavy (non-hydrogen) atoms. The highest BCUT2D eigenvalue weighted by molar-refractivity contribution is 4.88. The maximum absolute atomic E-state index is 5.83. The van der Waals surface area contributed by atoms with E-state index in [1.165, 1.54) is 58.0 Å². The molecule has 2 N–H and O–H groups in total. The fourth-order valence-corrected chi connectivity index (χ4v) is 3.55. The highest BCUT2D eigenvalue weighted by Crippen LogP contribution is 2.36. The minimum Gasteiger partial charge on any atom is -0.330 e. The van der Waals surface area contributed by atoms with Crippen LogP contribution in [0.15, 0.2) is 0 Å². The van der Waals surface area contributed by atoms with Crippen molar-refractivity contribution in [2.75, 3.05) is 19.6 Å². The Morgan fingerprint density at radius 1 is 1.12 bits per heavy atom. The average molecular weight is 238 g/mol. The molecule has 2 nitrogen and oxygen atoms in total. The molecule has 0 aromatic rings. The van der Waals surface area contributed by atoms with Gasteiger partial charge in [0.15, 0.2) is 0 Å². The van der Waals surface area contributed by atoms with Gasteiger partial charge >= 0.3 is 0 Å². The van der Waals surface area contributed by atoms with Gasteiger partial charge in [-0.2, -0.15) is 0 Å². The number of rotatable bonds is 5. The molecule has 1 heterocycles. The second kappa shape index (κ2) is 5.71. The Morgan fingerprint density at radius 3 is 2.47 bits per heavy atom. The highest BCUT2D eigenvalue weighted by atomic mass is 15.2. The van der Waals surface area contributed by atoms with Gasteiger partial charge in [-0.05, 0) is 63.1 Å². The van der Waals surface area contributed by atoms with Crippen molar-refractivity contribution in [1.82, 2.24) is 4.90 Å². The number of nitrogens with zero attached hydrogens (tertiary/aromatic N) is 1. The van der Waals surface area contributed by atoms with Crippen LogP contribution in [0.2, 0.25) is 0 Å². The number of hydrogen-bond donors (Lipinski definition) is 1. The van der Waals surface area contributed by atoms with E-state index >= 15 is 0 Å². The molecule has 2 aliphatic rings. The monoisotopic (exact) mass is 238 g/mol. The highest BCUT2D eigenvalue weighted by Gasteiger charge is 2.33. The van der Waals surface area contributed by atoms with Crippen molar-refractivity contribution in [1.29, 1.82) is 0 Å². The molecule has 1 atom stereocenters. The molecule has 1 unspecified atom stereocenters. The van der Waals surface area contributed by atoms with E-state index in [0.717, 1.165) is 18.5 Å². The minimum atomic E-state index is 0.322. The molecular formula is C15H30N2. The molecule has 2 rings (SSSR count). The lowest BCUT2D eigenvalue weighted by molar-refractivity contribution is 0.164. The zero-order chi connectivity index (χ0) is 12.3. The van der Waals surface area contributed by atoms with Gasteiger partial charge < -0.3 is 10.6 Å². The lowest BCUT2D eigenvalue weighted by Crippen LogP contribution is -2.38. The SMILES string of the molecule is CC(C)(CN)CCN1CCCC1C1CCCC1. The van der Waals surface area contributed by atoms with Crippen LogP contribution in [0, 0.1) is 11.3 Å². The lowest BCUT2D eigenvalue weighted by Gasteiger charge is -2.32. The van der Waals surface area contributed by atoms with E-state index in [-0.39, 0.29) is 0 Å². The molecule has 100 valence electrons. The molecule has 0 aromatic carbocycles. The molecule has 1 saturated heterocycles. The van der Waals surface area contributed by atoms with E-state index < -0.39 is 0 Å². The van der Waals surface area contributed by atoms with Crippen molar-refractivity contribution in [2.24, 2.45) is 17.1 Å². The van der Waals surface area contributed by atoms with Crippen LogP contribution in [0.3, 0.4) is 0 Å². The Bertz CT molecular complexity index is 231. The van der Waals surface area contributed by atoms with Crippen LogP contribution in [-0.4, -0.2) is 30.6 Å². The topological polar surface area (TPSA) is 29.3 Å². The van der Waals surface area contributed by atoms with Crippen LogP contribution in [-0.2, 0) is 0 Å². The normalized spacial score (nSPS) is 28.1. The largest absolute Gasteiger partial charge is 0.330 e. The smallest absolute Gasteiger partial charge is 0.0124 e. The van der Waals surface area contributed by atoms with Gasteiger partial charge in [0, 0.05) is 6.04 Å². The summed E-state index contributed by atoms with van der Waals surface area (Å²) in [6.07, 6.45) is 10.1. The minimum absolute atomic E-state index is 0.322. The molecular weight excluding hydrogens is 208 g/mol. The predicted molar refractivity (Wildman–Crippen MR) is 74.0 cm³/mol. The lowest BCUT2D eigenvalue weighted by atomic mass is 9.89. The van der Waals surface area contributed by atoms with Crippen LogP contribution >= 0.6 is 0 Å². The molecule has 0 bridgehead atoms. The third-order valence-electron chi connectivity index (χ3n) is 4.99. The summed E-state index contributed by atoms with van der Waals surface area (Å²) in [5.74, 6) is 1.01. The molecule has 0 aromatic heterocycles. The van der Waals surface area contributed by atoms with Gasteiger partial charge in [-0.1, -0.05) is 26.7 Å². The zero-order valence-electron chi connectivity index (χ0n) is 11.8. The van der Waals surface area contributed by atoms with Crippen LogP contribution < -0.4 is 5.73 Å². The summed E-state index contributed by atoms with van der Waals surface area (Å²) in [5.41, 5.74) is 6.15. The second-order valence-electron chi connectivity index (χ2n) is 6.91. The summed E-state index contributed by atoms with van der Waals surface area (Å²) >= 11 is 0. The van der Waals surface area contributed by atoms with Crippen molar-refractivity contribution in [3.05, 3.63) is 0 Å². The molecule has 1 saturated carbocycles. The third-order valence-corrected chi connectivity index (χ3v) is 4.99. The van der Waals surface area contributed by atoms with E-state index in [9.17, 15) is 0 Å². The van der Waals surface area contributed by atoms with Crippen LogP contribution in [0.4, 0.5) is 0 Å². The summed E-state index contributed by atoms with van der Waals surface area (Å²) in [4.78, 5) is 2.77. The van der Waals surface area contributed by atoms with Crippen LogP contribution in [0.1, 0.15) is 58.8 Å². The van der Waals surface area contributed by atoms with Crippen LogP contribution in [0.25, 0.3) is 0 Å². The standard InChI is InChI=1S/C15H30N2/c1-15(2,12-16)9-11-17-10-5-8-14(17)13-6-3-4-7-13/h13-14H,3-12,16H2,1-2H3. The van der Waals surface area contributed by atoms with Crippen molar-refractivity contribution >= 4 is 0 Å². The predicted octanol–water partition coefficient (Wildman–Crippen LogP) is 3.02. The molecule has 0 radical (unpaired) electrons. The molecule has 1 aliphatic heterocycles. The fourth-order valence-electron chi connectivity index (χ4n) is 3.55. The Labute approximate surface area is 107 Å². The molecule has 1 aliphatic carbocycles. The Morgan fingerprint density at radius 2 is 1.82 bits per heavy atom. The Kier molecular flexibility index (Phi) is 4.48. The third kappa shape index (κ3) is 3.45. The second-order valence-corrected chi connectivity index (χ2v) is 6.91. The summed E-state index contributed by atoms with van der Waals surface area (Å²) in [6.45, 7) is 8.02. The first-order valence-electron chi connectivity index (χ1n) is 7.56. The first kappa shape index (κ1) is 13.4. The molecule has 0 spiro atoms. The first-order valence-corrected chi connectivity index (χ1v) is 7.56. The van der Waals surface area contributed by atoms with E-state index in [0.29, 0.717) is 5.41 Å². The Hall–Kier alpha value is -0.0800. The average Bonchev–Trinajstić information content (AvgIpc) is 2.96. The van der Waals surface area contributed by atoms with E-state index in [2.05, 4.69) is 18.7 Å². The summed E-state index contributed by atoms with van der Waals surface area (Å²) in [6, 6.07) is 0.908. The number of nitrogens with two attached hydrogens (primary N) is 1. The van der Waals surface area contributed by atoms with Crippen molar-refractivity contribution in [2.45, 2.75) is 64.8 Å². The van der Waals surface area contributed by atoms with Gasteiger partial charge in [0.25, 0.3) is 0 Å². The summed E-state index contributed by atoms with van der Waals surface area (Å²) < 4.78 is 0. The quantitative estimate of drug-likeness (QED) is 0.798. The Balaban J connectivity index is 1.82. The maximum atomic E-state index is 5.83. The van der Waals surface area contributed by atoms with Gasteiger partial charge in [0.05, 0.1) is 0 Å². The molecule has 2 fully saturated rings. The zero-order valence-corrected chi connectivity index (χ0v) is 11.8. The van der Waals surface area contributed by atoms with E-state index in [1.807, 2.05) is 0 Å². The van der Waals surface area contributed by atoms with Gasteiger partial charge in [-0.25, -0.2) is 0 Å². The number of likely N-dealkylation sites (tertiary alicyclic amines) is 1. The van der Waals surface area contributed by atoms with E-state index in [1.54, 1.807) is 0 Å². The number of hydrogen-bond acceptors (Lipinski definition) is 2. The van der Waals surface area contributed by atoms with Crippen molar-refractivity contribution < 1.29 is 0 Å². The molecule has 0 amide bonds. The van der Waals surface area contributed by atoms with Crippen molar-refractivity contribution in [3.63, 3.8) is 0 Å². The van der Waals surface area contributed by atoms with Gasteiger partial charge in [-0.15, -0.1) is 0 Å².